The topological polar surface area (TPSA) is 49.4 Å². The standard InChI is InChI=1S/C14H21ClN2O2S/c15-9-3-6-12-20(18,19)16-13-7-1-2-8-14(13)17-10-4-5-11-17/h1-2,7-8,16H,3-6,9-12H2. The Hall–Kier alpha value is -0.940. The number of hydrogen-bond acceptors (Lipinski definition) is 3. The summed E-state index contributed by atoms with van der Waals surface area (Å²) in [5.74, 6) is 0.619. The van der Waals surface area contributed by atoms with Gasteiger partial charge in [-0.15, -0.1) is 11.6 Å². The van der Waals surface area contributed by atoms with E-state index in [4.69, 9.17) is 11.6 Å². The lowest BCUT2D eigenvalue weighted by Crippen LogP contribution is -2.22. The molecule has 0 unspecified atom stereocenters. The van der Waals surface area contributed by atoms with E-state index in [9.17, 15) is 8.42 Å². The molecule has 20 heavy (non-hydrogen) atoms. The predicted octanol–water partition coefficient (Wildman–Crippen LogP) is 3.05. The third-order valence-electron chi connectivity index (χ3n) is 3.41. The average molecular weight is 317 g/mol. The number of alkyl halides is 1. The summed E-state index contributed by atoms with van der Waals surface area (Å²) in [7, 11) is -3.29. The highest BCUT2D eigenvalue weighted by atomic mass is 35.5. The lowest BCUT2D eigenvalue weighted by Gasteiger charge is -2.21. The molecule has 0 spiro atoms. The first kappa shape index (κ1) is 15.4. The van der Waals surface area contributed by atoms with Crippen LogP contribution in [0.3, 0.4) is 0 Å². The highest BCUT2D eigenvalue weighted by Crippen LogP contribution is 2.29. The van der Waals surface area contributed by atoms with Crippen molar-refractivity contribution in [3.63, 3.8) is 0 Å². The van der Waals surface area contributed by atoms with Gasteiger partial charge in [-0.1, -0.05) is 12.1 Å². The van der Waals surface area contributed by atoms with Gasteiger partial charge in [-0.25, -0.2) is 8.42 Å². The van der Waals surface area contributed by atoms with Crippen molar-refractivity contribution in [2.75, 3.05) is 34.3 Å². The second-order valence-electron chi connectivity index (χ2n) is 5.03. The molecule has 0 amide bonds. The molecule has 1 heterocycles. The van der Waals surface area contributed by atoms with Crippen LogP contribution < -0.4 is 9.62 Å². The zero-order valence-electron chi connectivity index (χ0n) is 11.5. The van der Waals surface area contributed by atoms with Crippen LogP contribution in [-0.4, -0.2) is 33.1 Å². The van der Waals surface area contributed by atoms with E-state index in [1.54, 1.807) is 0 Å². The highest BCUT2D eigenvalue weighted by molar-refractivity contribution is 7.92. The van der Waals surface area contributed by atoms with Crippen molar-refractivity contribution >= 4 is 33.0 Å². The Bertz CT molecular complexity index is 528. The molecule has 1 aliphatic rings. The second kappa shape index (κ2) is 7.18. The van der Waals surface area contributed by atoms with E-state index in [0.717, 1.165) is 38.0 Å². The zero-order chi connectivity index (χ0) is 14.4. The molecule has 1 aliphatic heterocycles. The summed E-state index contributed by atoms with van der Waals surface area (Å²) in [5, 5.41) is 0. The largest absolute Gasteiger partial charge is 0.370 e. The minimum atomic E-state index is -3.29. The summed E-state index contributed by atoms with van der Waals surface area (Å²) in [5.41, 5.74) is 1.66. The molecule has 1 aromatic carbocycles. The molecule has 1 aromatic rings. The Morgan fingerprint density at radius 3 is 2.55 bits per heavy atom. The van der Waals surface area contributed by atoms with Gasteiger partial charge in [-0.3, -0.25) is 4.72 Å². The molecule has 2 rings (SSSR count). The Morgan fingerprint density at radius 1 is 1.15 bits per heavy atom. The van der Waals surface area contributed by atoms with Gasteiger partial charge in [0.2, 0.25) is 10.0 Å². The van der Waals surface area contributed by atoms with Gasteiger partial charge in [-0.05, 0) is 37.8 Å². The third kappa shape index (κ3) is 4.28. The molecule has 1 fully saturated rings. The van der Waals surface area contributed by atoms with Crippen LogP contribution in [0, 0.1) is 0 Å². The van der Waals surface area contributed by atoms with Gasteiger partial charge in [0.05, 0.1) is 17.1 Å². The van der Waals surface area contributed by atoms with E-state index >= 15 is 0 Å². The highest BCUT2D eigenvalue weighted by Gasteiger charge is 2.18. The number of sulfonamides is 1. The average Bonchev–Trinajstić information content (AvgIpc) is 2.93. The van der Waals surface area contributed by atoms with Gasteiger partial charge >= 0.3 is 0 Å². The van der Waals surface area contributed by atoms with Crippen LogP contribution in [0.4, 0.5) is 11.4 Å². The molecular weight excluding hydrogens is 296 g/mol. The van der Waals surface area contributed by atoms with Gasteiger partial charge in [-0.2, -0.15) is 0 Å². The number of benzene rings is 1. The number of hydrogen-bond donors (Lipinski definition) is 1. The molecule has 0 saturated carbocycles. The molecule has 4 nitrogen and oxygen atoms in total. The van der Waals surface area contributed by atoms with Gasteiger partial charge in [0.25, 0.3) is 0 Å². The van der Waals surface area contributed by atoms with Crippen LogP contribution in [0.1, 0.15) is 25.7 Å². The van der Waals surface area contributed by atoms with E-state index in [0.29, 0.717) is 18.0 Å². The summed E-state index contributed by atoms with van der Waals surface area (Å²) >= 11 is 5.58. The van der Waals surface area contributed by atoms with Crippen LogP contribution in [0.2, 0.25) is 0 Å². The molecule has 0 aromatic heterocycles. The summed E-state index contributed by atoms with van der Waals surface area (Å²) in [6.07, 6.45) is 3.63. The van der Waals surface area contributed by atoms with Crippen LogP contribution in [-0.2, 0) is 10.0 Å². The lowest BCUT2D eigenvalue weighted by atomic mass is 10.2. The van der Waals surface area contributed by atoms with Crippen molar-refractivity contribution in [1.82, 2.24) is 0 Å². The SMILES string of the molecule is O=S(=O)(CCCCCl)Nc1ccccc1N1CCCC1. The van der Waals surface area contributed by atoms with E-state index in [-0.39, 0.29) is 5.75 Å². The van der Waals surface area contributed by atoms with Gasteiger partial charge in [0.1, 0.15) is 0 Å². The Morgan fingerprint density at radius 2 is 1.85 bits per heavy atom. The maximum atomic E-state index is 12.1. The number of nitrogens with one attached hydrogen (secondary N) is 1. The van der Waals surface area contributed by atoms with Crippen molar-refractivity contribution in [3.05, 3.63) is 24.3 Å². The lowest BCUT2D eigenvalue weighted by molar-refractivity contribution is 0.598. The van der Waals surface area contributed by atoms with Crippen LogP contribution in [0.25, 0.3) is 0 Å². The molecule has 0 bridgehead atoms. The minimum Gasteiger partial charge on any atom is -0.370 e. The molecule has 1 N–H and O–H groups in total. The molecule has 0 aliphatic carbocycles. The second-order valence-corrected chi connectivity index (χ2v) is 7.25. The summed E-state index contributed by atoms with van der Waals surface area (Å²) < 4.78 is 26.8. The molecule has 112 valence electrons. The van der Waals surface area contributed by atoms with Crippen molar-refractivity contribution in [3.8, 4) is 0 Å². The molecule has 1 saturated heterocycles. The zero-order valence-corrected chi connectivity index (χ0v) is 13.1. The summed E-state index contributed by atoms with van der Waals surface area (Å²) in [6.45, 7) is 1.98. The van der Waals surface area contributed by atoms with Crippen LogP contribution >= 0.6 is 11.6 Å². The van der Waals surface area contributed by atoms with E-state index in [1.807, 2.05) is 24.3 Å². The normalized spacial score (nSPS) is 15.6. The summed E-state index contributed by atoms with van der Waals surface area (Å²) in [6, 6.07) is 7.60. The number of unbranched alkanes of at least 4 members (excludes halogenated alkanes) is 1. The van der Waals surface area contributed by atoms with Crippen LogP contribution in [0.5, 0.6) is 0 Å². The van der Waals surface area contributed by atoms with Crippen molar-refractivity contribution in [2.24, 2.45) is 0 Å². The van der Waals surface area contributed by atoms with Crippen molar-refractivity contribution in [1.29, 1.82) is 0 Å². The number of rotatable bonds is 7. The van der Waals surface area contributed by atoms with Gasteiger partial charge in [0, 0.05) is 19.0 Å². The quantitative estimate of drug-likeness (QED) is 0.621. The molecule has 0 radical (unpaired) electrons. The smallest absolute Gasteiger partial charge is 0.232 e. The predicted molar refractivity (Wildman–Crippen MR) is 85.3 cm³/mol. The van der Waals surface area contributed by atoms with E-state index in [2.05, 4.69) is 9.62 Å². The number of anilines is 2. The third-order valence-corrected chi connectivity index (χ3v) is 5.04. The fourth-order valence-corrected chi connectivity index (χ4v) is 3.78. The Labute approximate surface area is 126 Å². The van der Waals surface area contributed by atoms with Gasteiger partial charge < -0.3 is 4.90 Å². The fourth-order valence-electron chi connectivity index (χ4n) is 2.40. The van der Waals surface area contributed by atoms with E-state index in [1.165, 1.54) is 0 Å². The fraction of sp³-hybridized carbons (Fsp3) is 0.571. The first-order valence-corrected chi connectivity index (χ1v) is 9.21. The summed E-state index contributed by atoms with van der Waals surface area (Å²) in [4.78, 5) is 2.23. The maximum absolute atomic E-state index is 12.1. The molecule has 0 atom stereocenters. The maximum Gasteiger partial charge on any atom is 0.232 e. The van der Waals surface area contributed by atoms with Crippen molar-refractivity contribution < 1.29 is 8.42 Å². The van der Waals surface area contributed by atoms with Gasteiger partial charge in [0.15, 0.2) is 0 Å². The molecular formula is C14H21ClN2O2S. The first-order chi connectivity index (χ1) is 9.62. The first-order valence-electron chi connectivity index (χ1n) is 7.03. The number of halogens is 1. The Balaban J connectivity index is 2.08. The molecule has 6 heteroatoms. The minimum absolute atomic E-state index is 0.119. The van der Waals surface area contributed by atoms with E-state index < -0.39 is 10.0 Å². The monoisotopic (exact) mass is 316 g/mol. The number of nitrogens with zero attached hydrogens (tertiary/aromatic N) is 1. The van der Waals surface area contributed by atoms with Crippen LogP contribution in [0.15, 0.2) is 24.3 Å². The Kier molecular flexibility index (Phi) is 5.54. The number of para-hydroxylation sites is 2. The van der Waals surface area contributed by atoms with Crippen molar-refractivity contribution in [2.45, 2.75) is 25.7 Å².